The molecule has 3 aromatic carbocycles. The van der Waals surface area contributed by atoms with Gasteiger partial charge in [-0.05, 0) is 85.3 Å². The van der Waals surface area contributed by atoms with E-state index in [0.717, 1.165) is 75.2 Å². The third kappa shape index (κ3) is 8.30. The molecule has 5 aromatic rings. The molecule has 5 aliphatic rings. The number of benzene rings is 3. The highest BCUT2D eigenvalue weighted by molar-refractivity contribution is 7.92. The third-order valence-electron chi connectivity index (χ3n) is 13.1. The van der Waals surface area contributed by atoms with Gasteiger partial charge in [-0.15, -0.1) is 0 Å². The molecule has 0 bridgehead atoms. The highest BCUT2D eigenvalue weighted by Gasteiger charge is 2.39. The van der Waals surface area contributed by atoms with Crippen molar-refractivity contribution in [1.82, 2.24) is 35.0 Å². The number of aromatic amines is 1. The highest BCUT2D eigenvalue weighted by Crippen LogP contribution is 2.40. The molecule has 19 heteroatoms. The lowest BCUT2D eigenvalue weighted by Crippen LogP contribution is -2.53. The number of halogens is 1. The van der Waals surface area contributed by atoms with Crippen LogP contribution in [-0.2, 0) is 32.6 Å². The van der Waals surface area contributed by atoms with Crippen molar-refractivity contribution in [3.8, 4) is 5.75 Å². The number of hydrogen-bond acceptors (Lipinski definition) is 13. The Labute approximate surface area is 370 Å². The highest BCUT2D eigenvalue weighted by atomic mass is 32.2. The van der Waals surface area contributed by atoms with Crippen molar-refractivity contribution < 1.29 is 31.9 Å². The molecule has 0 radical (unpaired) electrons. The van der Waals surface area contributed by atoms with Gasteiger partial charge in [0.15, 0.2) is 0 Å². The molecule has 1 unspecified atom stereocenters. The SMILES string of the molecule is CS(=O)(=O)N1CCc2cccc(Nc3nc(Nc4ccc(N5CCC(N6CCN(CCOc7ccc8c(c7)CN(C7CCC(=O)NC7=O)C8=O)CC6)CC5)c(F)c4)nc4[nH]ccc34)c21. The Kier molecular flexibility index (Phi) is 11.1. The van der Waals surface area contributed by atoms with Crippen LogP contribution in [-0.4, -0.2) is 133 Å². The first kappa shape index (κ1) is 41.7. The average Bonchev–Trinajstić information content (AvgIpc) is 4.02. The summed E-state index contributed by atoms with van der Waals surface area (Å²) in [6, 6.07) is 17.8. The van der Waals surface area contributed by atoms with Gasteiger partial charge >= 0.3 is 0 Å². The summed E-state index contributed by atoms with van der Waals surface area (Å²) in [6.07, 6.45) is 6.02. The van der Waals surface area contributed by atoms with Gasteiger partial charge in [0.2, 0.25) is 27.8 Å². The van der Waals surface area contributed by atoms with Gasteiger partial charge in [0.25, 0.3) is 5.91 Å². The third-order valence-corrected chi connectivity index (χ3v) is 14.3. The van der Waals surface area contributed by atoms with Crippen LogP contribution >= 0.6 is 0 Å². The van der Waals surface area contributed by atoms with E-state index in [1.165, 1.54) is 16.6 Å². The summed E-state index contributed by atoms with van der Waals surface area (Å²) >= 11 is 0. The largest absolute Gasteiger partial charge is 0.492 e. The van der Waals surface area contributed by atoms with E-state index in [-0.39, 0.29) is 30.0 Å². The number of aromatic nitrogens is 3. The molecule has 0 aliphatic carbocycles. The summed E-state index contributed by atoms with van der Waals surface area (Å²) in [5.41, 5.74) is 5.19. The molecule has 3 saturated heterocycles. The molecule has 17 nitrogen and oxygen atoms in total. The van der Waals surface area contributed by atoms with Crippen molar-refractivity contribution in [2.45, 2.75) is 50.7 Å². The number of rotatable bonds is 12. The molecule has 3 amide bonds. The first-order valence-corrected chi connectivity index (χ1v) is 23.7. The number of piperazine rings is 1. The summed E-state index contributed by atoms with van der Waals surface area (Å²) in [5, 5.41) is 9.59. The number of amides is 3. The maximum atomic E-state index is 15.8. The minimum atomic E-state index is -3.48. The maximum absolute atomic E-state index is 15.8. The molecule has 1 atom stereocenters. The number of nitrogens with zero attached hydrogens (tertiary/aromatic N) is 7. The summed E-state index contributed by atoms with van der Waals surface area (Å²) in [6.45, 7) is 7.26. The Balaban J connectivity index is 0.695. The smallest absolute Gasteiger partial charge is 0.255 e. The minimum Gasteiger partial charge on any atom is -0.492 e. The number of carbonyl (C=O) groups is 3. The predicted octanol–water partition coefficient (Wildman–Crippen LogP) is 4.33. The van der Waals surface area contributed by atoms with Crippen LogP contribution in [0.25, 0.3) is 11.0 Å². The van der Waals surface area contributed by atoms with E-state index in [9.17, 15) is 22.8 Å². The van der Waals surface area contributed by atoms with E-state index in [0.29, 0.717) is 84.1 Å². The zero-order valence-electron chi connectivity index (χ0n) is 35.5. The standard InChI is InChI=1S/C45H50FN11O6S/c1-64(61,62)57-18-12-28-3-2-4-36(40(28)57)49-42-34-11-15-47-41(34)51-45(52-42)48-30-5-8-37(35(46)26-30)55-16-13-31(14-17-55)54-21-19-53(20-22-54)23-24-63-32-6-7-33-29(25-32)27-56(44(33)60)38-9-10-39(58)50-43(38)59/h2-8,11,15,25-26,31,38H,9-10,12-14,16-24,27H2,1H3,(H,50,58,59)(H3,47,48,49,51,52). The predicted molar refractivity (Wildman–Crippen MR) is 240 cm³/mol. The van der Waals surface area contributed by atoms with Crippen LogP contribution in [0, 0.1) is 5.82 Å². The lowest BCUT2D eigenvalue weighted by molar-refractivity contribution is -0.136. The van der Waals surface area contributed by atoms with Gasteiger partial charge in [0.05, 0.1) is 28.7 Å². The number of imide groups is 1. The van der Waals surface area contributed by atoms with Gasteiger partial charge in [0, 0.05) is 88.8 Å². The molecule has 5 aliphatic heterocycles. The van der Waals surface area contributed by atoms with E-state index in [1.54, 1.807) is 29.3 Å². The molecule has 3 fully saturated rings. The summed E-state index contributed by atoms with van der Waals surface area (Å²) in [4.78, 5) is 58.1. The van der Waals surface area contributed by atoms with Crippen molar-refractivity contribution in [3.05, 3.63) is 89.4 Å². The lowest BCUT2D eigenvalue weighted by Gasteiger charge is -2.43. The van der Waals surface area contributed by atoms with Crippen LogP contribution in [0.2, 0.25) is 0 Å². The van der Waals surface area contributed by atoms with Gasteiger partial charge in [-0.2, -0.15) is 9.97 Å². The molecule has 10 rings (SSSR count). The Bertz CT molecular complexity index is 2750. The second-order valence-corrected chi connectivity index (χ2v) is 19.0. The quantitative estimate of drug-likeness (QED) is 0.130. The number of sulfonamides is 1. The van der Waals surface area contributed by atoms with E-state index < -0.39 is 22.0 Å². The van der Waals surface area contributed by atoms with E-state index in [2.05, 4.69) is 40.6 Å². The molecule has 7 heterocycles. The summed E-state index contributed by atoms with van der Waals surface area (Å²) in [7, 11) is -3.48. The first-order valence-electron chi connectivity index (χ1n) is 21.9. The fraction of sp³-hybridized carbons (Fsp3) is 0.400. The normalized spacial score (nSPS) is 19.9. The average molecular weight is 892 g/mol. The molecule has 0 spiro atoms. The number of anilines is 6. The monoisotopic (exact) mass is 891 g/mol. The van der Waals surface area contributed by atoms with E-state index in [1.807, 2.05) is 36.4 Å². The number of carbonyl (C=O) groups excluding carboxylic acids is 3. The van der Waals surface area contributed by atoms with Crippen LogP contribution in [0.3, 0.4) is 0 Å². The van der Waals surface area contributed by atoms with Gasteiger partial charge in [-0.25, -0.2) is 12.8 Å². The molecular weight excluding hydrogens is 842 g/mol. The van der Waals surface area contributed by atoms with Crippen molar-refractivity contribution in [3.63, 3.8) is 0 Å². The Morgan fingerprint density at radius 2 is 1.70 bits per heavy atom. The zero-order chi connectivity index (χ0) is 44.1. The topological polar surface area (TPSA) is 188 Å². The fourth-order valence-electron chi connectivity index (χ4n) is 9.80. The second-order valence-electron chi connectivity index (χ2n) is 17.1. The Morgan fingerprint density at radius 1 is 0.875 bits per heavy atom. The summed E-state index contributed by atoms with van der Waals surface area (Å²) in [5.74, 6) is 0.170. The Hall–Kier alpha value is -6.31. The number of hydrogen-bond donors (Lipinski definition) is 4. The van der Waals surface area contributed by atoms with E-state index in [4.69, 9.17) is 9.72 Å². The number of piperidine rings is 2. The van der Waals surface area contributed by atoms with Gasteiger partial charge < -0.3 is 30.2 Å². The van der Waals surface area contributed by atoms with Gasteiger partial charge in [-0.3, -0.25) is 33.8 Å². The van der Waals surface area contributed by atoms with Gasteiger partial charge in [0.1, 0.15) is 35.7 Å². The van der Waals surface area contributed by atoms with Crippen molar-refractivity contribution in [1.29, 1.82) is 0 Å². The van der Waals surface area contributed by atoms with Gasteiger partial charge in [-0.1, -0.05) is 12.1 Å². The molecule has 4 N–H and O–H groups in total. The van der Waals surface area contributed by atoms with Crippen molar-refractivity contribution >= 4 is 73.3 Å². The second kappa shape index (κ2) is 17.0. The summed E-state index contributed by atoms with van der Waals surface area (Å²) < 4.78 is 48.5. The van der Waals surface area contributed by atoms with Crippen LogP contribution < -0.4 is 29.9 Å². The number of H-pyrrole nitrogens is 1. The van der Waals surface area contributed by atoms with Crippen molar-refractivity contribution in [2.24, 2.45) is 0 Å². The molecule has 334 valence electrons. The molecular formula is C45H50FN11O6S. The van der Waals surface area contributed by atoms with Crippen LogP contribution in [0.15, 0.2) is 66.9 Å². The number of fused-ring (bicyclic) bond motifs is 3. The van der Waals surface area contributed by atoms with Crippen LogP contribution in [0.5, 0.6) is 5.75 Å². The number of para-hydroxylation sites is 1. The number of nitrogens with one attached hydrogen (secondary N) is 4. The molecule has 64 heavy (non-hydrogen) atoms. The van der Waals surface area contributed by atoms with E-state index >= 15 is 4.39 Å². The fourth-order valence-corrected chi connectivity index (χ4v) is 10.8. The molecule has 2 aromatic heterocycles. The van der Waals surface area contributed by atoms with Crippen molar-refractivity contribution in [2.75, 3.05) is 85.1 Å². The van der Waals surface area contributed by atoms with Crippen LogP contribution in [0.1, 0.15) is 47.2 Å². The van der Waals surface area contributed by atoms with Crippen LogP contribution in [0.4, 0.5) is 38.9 Å². The zero-order valence-corrected chi connectivity index (χ0v) is 36.3. The maximum Gasteiger partial charge on any atom is 0.255 e. The molecule has 0 saturated carbocycles. The first-order chi connectivity index (χ1) is 30.9. The Morgan fingerprint density at radius 3 is 2.48 bits per heavy atom. The minimum absolute atomic E-state index is 0.197. The number of ether oxygens (including phenoxy) is 1. The lowest BCUT2D eigenvalue weighted by atomic mass is 10.0.